The monoisotopic (exact) mass is 221 g/mol. The maximum atomic E-state index is 6.12. The van der Waals surface area contributed by atoms with Gasteiger partial charge < -0.3 is 15.2 Å². The van der Waals surface area contributed by atoms with Crippen molar-refractivity contribution < 1.29 is 0 Å². The average molecular weight is 221 g/mol. The molecule has 1 aromatic heterocycles. The van der Waals surface area contributed by atoms with Crippen LogP contribution in [0.5, 0.6) is 0 Å². The summed E-state index contributed by atoms with van der Waals surface area (Å²) in [7, 11) is 2.17. The lowest BCUT2D eigenvalue weighted by Crippen LogP contribution is -2.24. The van der Waals surface area contributed by atoms with Crippen LogP contribution in [0.2, 0.25) is 0 Å². The highest BCUT2D eigenvalue weighted by Gasteiger charge is 2.19. The van der Waals surface area contributed by atoms with Gasteiger partial charge in [-0.05, 0) is 44.5 Å². The van der Waals surface area contributed by atoms with Crippen LogP contribution in [0, 0.1) is 0 Å². The van der Waals surface area contributed by atoms with Crippen LogP contribution in [-0.2, 0) is 13.0 Å². The van der Waals surface area contributed by atoms with Crippen LogP contribution in [0.15, 0.2) is 12.3 Å². The molecule has 0 aliphatic heterocycles. The third kappa shape index (κ3) is 2.30. The molecule has 1 atom stereocenters. The van der Waals surface area contributed by atoms with E-state index in [0.717, 1.165) is 26.1 Å². The molecule has 0 radical (unpaired) electrons. The van der Waals surface area contributed by atoms with Crippen molar-refractivity contribution in [3.63, 3.8) is 0 Å². The molecule has 1 heterocycles. The lowest BCUT2D eigenvalue weighted by molar-refractivity contribution is 0.332. The summed E-state index contributed by atoms with van der Waals surface area (Å²) in [5, 5.41) is 0. The Balaban J connectivity index is 2.05. The second-order valence-corrected chi connectivity index (χ2v) is 4.81. The molecule has 1 aliphatic rings. The first-order valence-corrected chi connectivity index (χ1v) is 6.34. The summed E-state index contributed by atoms with van der Waals surface area (Å²) in [4.78, 5) is 2.34. The summed E-state index contributed by atoms with van der Waals surface area (Å²) in [6, 6.07) is 2.49. The molecule has 2 N–H and O–H groups in total. The number of hydrogen-bond acceptors (Lipinski definition) is 2. The normalized spacial score (nSPS) is 20.1. The lowest BCUT2D eigenvalue weighted by Gasteiger charge is -2.22. The summed E-state index contributed by atoms with van der Waals surface area (Å²) < 4.78 is 2.39. The first kappa shape index (κ1) is 11.7. The molecule has 2 rings (SSSR count). The van der Waals surface area contributed by atoms with E-state index in [-0.39, 0.29) is 6.04 Å². The van der Waals surface area contributed by atoms with Crippen molar-refractivity contribution in [2.75, 3.05) is 20.1 Å². The molecule has 0 aromatic carbocycles. The van der Waals surface area contributed by atoms with Crippen molar-refractivity contribution in [2.24, 2.45) is 5.73 Å². The average Bonchev–Trinajstić information content (AvgIpc) is 2.70. The van der Waals surface area contributed by atoms with Crippen LogP contribution in [0.25, 0.3) is 0 Å². The number of hydrogen-bond donors (Lipinski definition) is 1. The molecule has 1 aliphatic carbocycles. The minimum Gasteiger partial charge on any atom is -0.350 e. The lowest BCUT2D eigenvalue weighted by atomic mass is 9.94. The molecule has 0 saturated heterocycles. The van der Waals surface area contributed by atoms with Gasteiger partial charge in [0.05, 0.1) is 0 Å². The van der Waals surface area contributed by atoms with E-state index in [2.05, 4.69) is 35.7 Å². The molecule has 90 valence electrons. The Hall–Kier alpha value is -0.800. The standard InChI is InChI=1S/C13H23N3/c1-3-15(2)9-10-16-8-7-11-12(14)5-4-6-13(11)16/h7-8,12H,3-6,9-10,14H2,1-2H3. The van der Waals surface area contributed by atoms with Crippen LogP contribution in [0.4, 0.5) is 0 Å². The number of rotatable bonds is 4. The van der Waals surface area contributed by atoms with Crippen LogP contribution in [0.1, 0.15) is 37.1 Å². The molecule has 0 saturated carbocycles. The fourth-order valence-corrected chi connectivity index (χ4v) is 2.44. The predicted octanol–water partition coefficient (Wildman–Crippen LogP) is 1.78. The van der Waals surface area contributed by atoms with Crippen molar-refractivity contribution >= 4 is 0 Å². The Labute approximate surface area is 98.2 Å². The summed E-state index contributed by atoms with van der Waals surface area (Å²) in [6.45, 7) is 5.52. The van der Waals surface area contributed by atoms with Crippen molar-refractivity contribution in [1.29, 1.82) is 0 Å². The summed E-state index contributed by atoms with van der Waals surface area (Å²) >= 11 is 0. The Morgan fingerprint density at radius 2 is 2.38 bits per heavy atom. The molecule has 0 fully saturated rings. The molecule has 0 bridgehead atoms. The first-order chi connectivity index (χ1) is 7.72. The molecular weight excluding hydrogens is 198 g/mol. The third-order valence-corrected chi connectivity index (χ3v) is 3.70. The number of nitrogens with zero attached hydrogens (tertiary/aromatic N) is 2. The zero-order valence-corrected chi connectivity index (χ0v) is 10.4. The van der Waals surface area contributed by atoms with Gasteiger partial charge in [-0.3, -0.25) is 0 Å². The van der Waals surface area contributed by atoms with Gasteiger partial charge in [0.15, 0.2) is 0 Å². The van der Waals surface area contributed by atoms with Gasteiger partial charge in [-0.25, -0.2) is 0 Å². The quantitative estimate of drug-likeness (QED) is 0.841. The smallest absolute Gasteiger partial charge is 0.0350 e. The molecule has 1 aromatic rings. The van der Waals surface area contributed by atoms with E-state index in [1.807, 2.05) is 0 Å². The van der Waals surface area contributed by atoms with Gasteiger partial charge in [0, 0.05) is 31.0 Å². The molecule has 1 unspecified atom stereocenters. The molecule has 16 heavy (non-hydrogen) atoms. The zero-order valence-electron chi connectivity index (χ0n) is 10.4. The third-order valence-electron chi connectivity index (χ3n) is 3.70. The van der Waals surface area contributed by atoms with Crippen LogP contribution < -0.4 is 5.73 Å². The second-order valence-electron chi connectivity index (χ2n) is 4.81. The number of likely N-dealkylation sites (N-methyl/N-ethyl adjacent to an activating group) is 1. The molecule has 0 amide bonds. The minimum atomic E-state index is 0.272. The predicted molar refractivity (Wildman–Crippen MR) is 67.5 cm³/mol. The molecule has 3 nitrogen and oxygen atoms in total. The number of nitrogens with two attached hydrogens (primary N) is 1. The molecular formula is C13H23N3. The van der Waals surface area contributed by atoms with E-state index >= 15 is 0 Å². The van der Waals surface area contributed by atoms with Gasteiger partial charge in [-0.1, -0.05) is 6.92 Å². The molecule has 3 heteroatoms. The van der Waals surface area contributed by atoms with Gasteiger partial charge >= 0.3 is 0 Å². The Kier molecular flexibility index (Phi) is 3.66. The first-order valence-electron chi connectivity index (χ1n) is 6.34. The van der Waals surface area contributed by atoms with Gasteiger partial charge in [-0.15, -0.1) is 0 Å². The Bertz CT molecular complexity index is 343. The second kappa shape index (κ2) is 5.02. The summed E-state index contributed by atoms with van der Waals surface area (Å²) in [6.07, 6.45) is 5.79. The van der Waals surface area contributed by atoms with Crippen LogP contribution in [-0.4, -0.2) is 29.6 Å². The van der Waals surface area contributed by atoms with Crippen LogP contribution in [0.3, 0.4) is 0 Å². The number of aromatic nitrogens is 1. The van der Waals surface area contributed by atoms with E-state index in [1.54, 1.807) is 0 Å². The van der Waals surface area contributed by atoms with Gasteiger partial charge in [0.2, 0.25) is 0 Å². The van der Waals surface area contributed by atoms with Crippen molar-refractivity contribution in [2.45, 2.75) is 38.8 Å². The van der Waals surface area contributed by atoms with Gasteiger partial charge in [-0.2, -0.15) is 0 Å². The number of fused-ring (bicyclic) bond motifs is 1. The Morgan fingerprint density at radius 1 is 1.56 bits per heavy atom. The van der Waals surface area contributed by atoms with Gasteiger partial charge in [0.25, 0.3) is 0 Å². The highest BCUT2D eigenvalue weighted by atomic mass is 15.1. The van der Waals surface area contributed by atoms with Gasteiger partial charge in [0.1, 0.15) is 0 Å². The van der Waals surface area contributed by atoms with E-state index in [9.17, 15) is 0 Å². The molecule has 0 spiro atoms. The van der Waals surface area contributed by atoms with E-state index < -0.39 is 0 Å². The summed E-state index contributed by atoms with van der Waals surface area (Å²) in [5.41, 5.74) is 8.97. The van der Waals surface area contributed by atoms with E-state index in [0.29, 0.717) is 0 Å². The van der Waals surface area contributed by atoms with Crippen molar-refractivity contribution in [1.82, 2.24) is 9.47 Å². The maximum Gasteiger partial charge on any atom is 0.0350 e. The zero-order chi connectivity index (χ0) is 11.5. The summed E-state index contributed by atoms with van der Waals surface area (Å²) in [5.74, 6) is 0. The van der Waals surface area contributed by atoms with Crippen molar-refractivity contribution in [3.05, 3.63) is 23.5 Å². The SMILES string of the molecule is CCN(C)CCn1ccc2c1CCCC2N. The minimum absolute atomic E-state index is 0.272. The van der Waals surface area contributed by atoms with Crippen molar-refractivity contribution in [3.8, 4) is 0 Å². The van der Waals surface area contributed by atoms with Crippen LogP contribution >= 0.6 is 0 Å². The van der Waals surface area contributed by atoms with E-state index in [1.165, 1.54) is 24.1 Å². The van der Waals surface area contributed by atoms with E-state index in [4.69, 9.17) is 5.73 Å². The highest BCUT2D eigenvalue weighted by molar-refractivity contribution is 5.28. The fraction of sp³-hybridized carbons (Fsp3) is 0.692. The Morgan fingerprint density at radius 3 is 3.12 bits per heavy atom. The maximum absolute atomic E-state index is 6.12. The highest BCUT2D eigenvalue weighted by Crippen LogP contribution is 2.28. The topological polar surface area (TPSA) is 34.2 Å². The largest absolute Gasteiger partial charge is 0.350 e. The fourth-order valence-electron chi connectivity index (χ4n) is 2.44.